The molecule has 0 spiro atoms. The van der Waals surface area contributed by atoms with Crippen molar-refractivity contribution in [3.05, 3.63) is 58.9 Å². The van der Waals surface area contributed by atoms with Crippen molar-refractivity contribution in [2.45, 2.75) is 20.3 Å². The topological polar surface area (TPSA) is 50.3 Å². The summed E-state index contributed by atoms with van der Waals surface area (Å²) >= 11 is 0. The molecule has 2 aromatic rings. The summed E-state index contributed by atoms with van der Waals surface area (Å²) < 4.78 is 0. The van der Waals surface area contributed by atoms with E-state index in [1.807, 2.05) is 38.1 Å². The standard InChI is InChI=1S/C17H16N2O2/c1-11-8-12(2)15-14(9-11)19(17(21)16(15)20)7-5-13-4-3-6-18-10-13/h3-4,6,8-10H,5,7H2,1-2H3. The summed E-state index contributed by atoms with van der Waals surface area (Å²) in [6.07, 6.45) is 4.18. The van der Waals surface area contributed by atoms with Crippen LogP contribution in [0.2, 0.25) is 0 Å². The van der Waals surface area contributed by atoms with Crippen molar-refractivity contribution in [3.63, 3.8) is 0 Å². The SMILES string of the molecule is Cc1cc(C)c2c(c1)N(CCc1cccnc1)C(=O)C2=O. The molecule has 1 aliphatic heterocycles. The number of nitrogens with zero attached hydrogens (tertiary/aromatic N) is 2. The number of hydrogen-bond donors (Lipinski definition) is 0. The highest BCUT2D eigenvalue weighted by Gasteiger charge is 2.36. The van der Waals surface area contributed by atoms with Gasteiger partial charge >= 0.3 is 0 Å². The number of amides is 1. The van der Waals surface area contributed by atoms with Gasteiger partial charge in [0.05, 0.1) is 11.3 Å². The average molecular weight is 280 g/mol. The lowest BCUT2D eigenvalue weighted by atomic mass is 10.0. The first kappa shape index (κ1) is 13.5. The Labute approximate surface area is 123 Å². The summed E-state index contributed by atoms with van der Waals surface area (Å²) in [6, 6.07) is 7.69. The van der Waals surface area contributed by atoms with Gasteiger partial charge in [0.25, 0.3) is 11.7 Å². The highest BCUT2D eigenvalue weighted by molar-refractivity contribution is 6.52. The average Bonchev–Trinajstić information content (AvgIpc) is 2.70. The van der Waals surface area contributed by atoms with Crippen LogP contribution in [0.3, 0.4) is 0 Å². The lowest BCUT2D eigenvalue weighted by molar-refractivity contribution is -0.114. The van der Waals surface area contributed by atoms with E-state index in [-0.39, 0.29) is 0 Å². The number of rotatable bonds is 3. The number of fused-ring (bicyclic) bond motifs is 1. The maximum absolute atomic E-state index is 12.2. The highest BCUT2D eigenvalue weighted by Crippen LogP contribution is 2.32. The van der Waals surface area contributed by atoms with Gasteiger partial charge in [-0.05, 0) is 49.1 Å². The minimum atomic E-state index is -0.428. The number of ketones is 1. The fourth-order valence-electron chi connectivity index (χ4n) is 2.80. The largest absolute Gasteiger partial charge is 0.304 e. The van der Waals surface area contributed by atoms with Gasteiger partial charge in [-0.25, -0.2) is 0 Å². The van der Waals surface area contributed by atoms with Gasteiger partial charge in [0, 0.05) is 18.9 Å². The van der Waals surface area contributed by atoms with Crippen molar-refractivity contribution in [1.82, 2.24) is 4.98 Å². The molecule has 0 saturated carbocycles. The second-order valence-corrected chi connectivity index (χ2v) is 5.37. The molecule has 1 amide bonds. The quantitative estimate of drug-likeness (QED) is 0.812. The Morgan fingerprint density at radius 2 is 2.00 bits per heavy atom. The van der Waals surface area contributed by atoms with Crippen LogP contribution in [0.4, 0.5) is 5.69 Å². The lowest BCUT2D eigenvalue weighted by Gasteiger charge is -2.17. The number of Topliss-reactive ketones (excluding diaryl/α,β-unsaturated/α-hetero) is 1. The summed E-state index contributed by atoms with van der Waals surface area (Å²) in [5.74, 6) is -0.823. The molecule has 0 bridgehead atoms. The van der Waals surface area contributed by atoms with Crippen molar-refractivity contribution in [1.29, 1.82) is 0 Å². The Balaban J connectivity index is 1.91. The van der Waals surface area contributed by atoms with Gasteiger partial charge in [0.15, 0.2) is 0 Å². The van der Waals surface area contributed by atoms with E-state index in [4.69, 9.17) is 0 Å². The zero-order chi connectivity index (χ0) is 15.0. The molecule has 1 aromatic heterocycles. The van der Waals surface area contributed by atoms with Crippen molar-refractivity contribution in [2.75, 3.05) is 11.4 Å². The number of aryl methyl sites for hydroxylation is 2. The Morgan fingerprint density at radius 1 is 1.19 bits per heavy atom. The number of carbonyl (C=O) groups is 2. The van der Waals surface area contributed by atoms with Crippen molar-refractivity contribution in [2.24, 2.45) is 0 Å². The minimum Gasteiger partial charge on any atom is -0.304 e. The van der Waals surface area contributed by atoms with Crippen LogP contribution >= 0.6 is 0 Å². The third-order valence-corrected chi connectivity index (χ3v) is 3.76. The van der Waals surface area contributed by atoms with E-state index in [0.29, 0.717) is 18.5 Å². The normalized spacial score (nSPS) is 13.7. The first-order valence-electron chi connectivity index (χ1n) is 6.94. The number of anilines is 1. The number of benzene rings is 1. The third kappa shape index (κ3) is 2.33. The van der Waals surface area contributed by atoms with Crippen LogP contribution in [0.25, 0.3) is 0 Å². The van der Waals surface area contributed by atoms with E-state index in [0.717, 1.165) is 22.4 Å². The van der Waals surface area contributed by atoms with Gasteiger partial charge in [-0.2, -0.15) is 0 Å². The Hall–Kier alpha value is -2.49. The van der Waals surface area contributed by atoms with Crippen LogP contribution in [0.1, 0.15) is 27.0 Å². The molecule has 1 aliphatic rings. The fourth-order valence-corrected chi connectivity index (χ4v) is 2.80. The van der Waals surface area contributed by atoms with E-state index in [1.165, 1.54) is 0 Å². The van der Waals surface area contributed by atoms with Crippen molar-refractivity contribution < 1.29 is 9.59 Å². The van der Waals surface area contributed by atoms with Crippen LogP contribution in [-0.4, -0.2) is 23.2 Å². The maximum atomic E-state index is 12.2. The van der Waals surface area contributed by atoms with E-state index in [2.05, 4.69) is 4.98 Å². The minimum absolute atomic E-state index is 0.395. The summed E-state index contributed by atoms with van der Waals surface area (Å²) in [7, 11) is 0. The van der Waals surface area contributed by atoms with Crippen molar-refractivity contribution in [3.8, 4) is 0 Å². The van der Waals surface area contributed by atoms with Crippen LogP contribution < -0.4 is 4.90 Å². The molecule has 21 heavy (non-hydrogen) atoms. The molecule has 106 valence electrons. The first-order chi connectivity index (χ1) is 10.1. The number of hydrogen-bond acceptors (Lipinski definition) is 3. The molecule has 0 saturated heterocycles. The van der Waals surface area contributed by atoms with E-state index >= 15 is 0 Å². The lowest BCUT2D eigenvalue weighted by Crippen LogP contribution is -2.31. The number of aromatic nitrogens is 1. The van der Waals surface area contributed by atoms with Crippen LogP contribution in [0.5, 0.6) is 0 Å². The fraction of sp³-hybridized carbons (Fsp3) is 0.235. The van der Waals surface area contributed by atoms with Gasteiger partial charge in [0.2, 0.25) is 0 Å². The van der Waals surface area contributed by atoms with E-state index in [9.17, 15) is 9.59 Å². The van der Waals surface area contributed by atoms with Gasteiger partial charge in [-0.3, -0.25) is 14.6 Å². The van der Waals surface area contributed by atoms with E-state index < -0.39 is 11.7 Å². The predicted octanol–water partition coefficient (Wildman–Crippen LogP) is 2.47. The highest BCUT2D eigenvalue weighted by atomic mass is 16.2. The van der Waals surface area contributed by atoms with Crippen molar-refractivity contribution >= 4 is 17.4 Å². The van der Waals surface area contributed by atoms with Gasteiger partial charge in [-0.15, -0.1) is 0 Å². The zero-order valence-corrected chi connectivity index (χ0v) is 12.1. The molecule has 4 heteroatoms. The monoisotopic (exact) mass is 280 g/mol. The number of carbonyl (C=O) groups excluding carboxylic acids is 2. The molecule has 3 rings (SSSR count). The first-order valence-corrected chi connectivity index (χ1v) is 6.94. The van der Waals surface area contributed by atoms with Crippen LogP contribution in [0, 0.1) is 13.8 Å². The summed E-state index contributed by atoms with van der Waals surface area (Å²) in [4.78, 5) is 30.0. The molecule has 0 N–H and O–H groups in total. The summed E-state index contributed by atoms with van der Waals surface area (Å²) in [6.45, 7) is 4.34. The van der Waals surface area contributed by atoms with Gasteiger partial charge in [0.1, 0.15) is 0 Å². The van der Waals surface area contributed by atoms with Crippen LogP contribution in [0.15, 0.2) is 36.7 Å². The molecule has 1 aromatic carbocycles. The smallest absolute Gasteiger partial charge is 0.299 e. The second kappa shape index (κ2) is 5.13. The molecular formula is C17H16N2O2. The molecule has 2 heterocycles. The maximum Gasteiger partial charge on any atom is 0.299 e. The summed E-state index contributed by atoms with van der Waals surface area (Å²) in [5.41, 5.74) is 4.27. The molecule has 0 unspecified atom stereocenters. The predicted molar refractivity (Wildman–Crippen MR) is 80.5 cm³/mol. The summed E-state index contributed by atoms with van der Waals surface area (Å²) in [5, 5.41) is 0. The number of pyridine rings is 1. The van der Waals surface area contributed by atoms with Gasteiger partial charge < -0.3 is 4.90 Å². The Morgan fingerprint density at radius 3 is 2.71 bits per heavy atom. The molecule has 0 fully saturated rings. The molecule has 0 radical (unpaired) electrons. The van der Waals surface area contributed by atoms with Crippen LogP contribution in [-0.2, 0) is 11.2 Å². The van der Waals surface area contributed by atoms with Gasteiger partial charge in [-0.1, -0.05) is 12.1 Å². The second-order valence-electron chi connectivity index (χ2n) is 5.37. The molecule has 0 aliphatic carbocycles. The zero-order valence-electron chi connectivity index (χ0n) is 12.1. The van der Waals surface area contributed by atoms with E-state index in [1.54, 1.807) is 17.3 Å². The molecular weight excluding hydrogens is 264 g/mol. The molecule has 0 atom stereocenters. The Bertz CT molecular complexity index is 723. The third-order valence-electron chi connectivity index (χ3n) is 3.76. The molecule has 4 nitrogen and oxygen atoms in total. The Kier molecular flexibility index (Phi) is 3.29.